The Kier molecular flexibility index (Phi) is 5.88. The second-order valence-electron chi connectivity index (χ2n) is 6.22. The molecule has 0 unspecified atom stereocenters. The number of carbonyl (C=O) groups is 1. The predicted octanol–water partition coefficient (Wildman–Crippen LogP) is 2.67. The zero-order valence-corrected chi connectivity index (χ0v) is 16.3. The van der Waals surface area contributed by atoms with E-state index in [9.17, 15) is 13.2 Å². The Morgan fingerprint density at radius 1 is 1.19 bits per heavy atom. The standard InChI is InChI=1S/C19H22N2O3S2/c1-26(23,24)21-11-9-16-13-17(7-8-18(16)21)19(22)20-10-12-25-14-15-5-3-2-4-6-15/h2-8,13H,9-12,14H2,1H3,(H,20,22). The van der Waals surface area contributed by atoms with Crippen molar-refractivity contribution in [1.29, 1.82) is 0 Å². The highest BCUT2D eigenvalue weighted by Crippen LogP contribution is 2.30. The van der Waals surface area contributed by atoms with Crippen LogP contribution in [0.1, 0.15) is 21.5 Å². The average Bonchev–Trinajstić information content (AvgIpc) is 3.05. The topological polar surface area (TPSA) is 66.5 Å². The monoisotopic (exact) mass is 390 g/mol. The summed E-state index contributed by atoms with van der Waals surface area (Å²) in [5.74, 6) is 1.65. The van der Waals surface area contributed by atoms with Crippen molar-refractivity contribution in [2.24, 2.45) is 0 Å². The van der Waals surface area contributed by atoms with Gasteiger partial charge in [0.1, 0.15) is 0 Å². The smallest absolute Gasteiger partial charge is 0.251 e. The van der Waals surface area contributed by atoms with E-state index in [1.165, 1.54) is 16.1 Å². The second kappa shape index (κ2) is 8.14. The Morgan fingerprint density at radius 3 is 2.69 bits per heavy atom. The minimum absolute atomic E-state index is 0.120. The molecule has 0 radical (unpaired) electrons. The number of nitrogens with zero attached hydrogens (tertiary/aromatic N) is 1. The number of fused-ring (bicyclic) bond motifs is 1. The van der Waals surface area contributed by atoms with Crippen LogP contribution in [-0.2, 0) is 22.2 Å². The van der Waals surface area contributed by atoms with Gasteiger partial charge in [-0.05, 0) is 35.7 Å². The fourth-order valence-corrected chi connectivity index (χ4v) is 4.74. The Bertz CT molecular complexity index is 883. The highest BCUT2D eigenvalue weighted by atomic mass is 32.2. The number of hydrogen-bond donors (Lipinski definition) is 1. The van der Waals surface area contributed by atoms with E-state index >= 15 is 0 Å². The van der Waals surface area contributed by atoms with Crippen LogP contribution in [0.3, 0.4) is 0 Å². The van der Waals surface area contributed by atoms with Crippen LogP contribution in [0.15, 0.2) is 48.5 Å². The maximum Gasteiger partial charge on any atom is 0.251 e. The summed E-state index contributed by atoms with van der Waals surface area (Å²) in [7, 11) is -3.26. The van der Waals surface area contributed by atoms with Gasteiger partial charge in [-0.2, -0.15) is 11.8 Å². The lowest BCUT2D eigenvalue weighted by atomic mass is 10.1. The van der Waals surface area contributed by atoms with Crippen molar-refractivity contribution < 1.29 is 13.2 Å². The Morgan fingerprint density at radius 2 is 1.96 bits per heavy atom. The van der Waals surface area contributed by atoms with Gasteiger partial charge in [0.05, 0.1) is 11.9 Å². The number of nitrogens with one attached hydrogen (secondary N) is 1. The molecule has 1 aliphatic rings. The number of benzene rings is 2. The molecule has 0 aliphatic carbocycles. The van der Waals surface area contributed by atoms with Gasteiger partial charge >= 0.3 is 0 Å². The van der Waals surface area contributed by atoms with Crippen LogP contribution in [0, 0.1) is 0 Å². The summed E-state index contributed by atoms with van der Waals surface area (Å²) in [6.07, 6.45) is 1.84. The number of thioether (sulfide) groups is 1. The highest BCUT2D eigenvalue weighted by molar-refractivity contribution is 7.98. The zero-order valence-electron chi connectivity index (χ0n) is 14.6. The predicted molar refractivity (Wildman–Crippen MR) is 107 cm³/mol. The SMILES string of the molecule is CS(=O)(=O)N1CCc2cc(C(=O)NCCSCc3ccccc3)ccc21. The van der Waals surface area contributed by atoms with E-state index < -0.39 is 10.0 Å². The van der Waals surface area contributed by atoms with Crippen molar-refractivity contribution in [2.45, 2.75) is 12.2 Å². The van der Waals surface area contributed by atoms with E-state index in [0.717, 1.165) is 17.1 Å². The summed E-state index contributed by atoms with van der Waals surface area (Å²) in [5.41, 5.74) is 3.44. The first-order valence-corrected chi connectivity index (χ1v) is 11.5. The lowest BCUT2D eigenvalue weighted by Gasteiger charge is -2.16. The Hall–Kier alpha value is -1.99. The van der Waals surface area contributed by atoms with Gasteiger partial charge in [0.15, 0.2) is 0 Å². The summed E-state index contributed by atoms with van der Waals surface area (Å²) < 4.78 is 24.9. The number of hydrogen-bond acceptors (Lipinski definition) is 4. The molecule has 1 heterocycles. The molecule has 0 fully saturated rings. The van der Waals surface area contributed by atoms with Gasteiger partial charge in [-0.3, -0.25) is 9.10 Å². The summed E-state index contributed by atoms with van der Waals surface area (Å²) in [6.45, 7) is 1.04. The van der Waals surface area contributed by atoms with Crippen LogP contribution in [0.2, 0.25) is 0 Å². The summed E-state index contributed by atoms with van der Waals surface area (Å²) >= 11 is 1.78. The highest BCUT2D eigenvalue weighted by Gasteiger charge is 2.26. The van der Waals surface area contributed by atoms with Crippen LogP contribution >= 0.6 is 11.8 Å². The first-order chi connectivity index (χ1) is 12.4. The molecule has 1 aliphatic heterocycles. The van der Waals surface area contributed by atoms with E-state index in [1.807, 2.05) is 18.2 Å². The molecule has 138 valence electrons. The molecular formula is C19H22N2O3S2. The number of carbonyl (C=O) groups excluding carboxylic acids is 1. The van der Waals surface area contributed by atoms with Gasteiger partial charge in [0.25, 0.3) is 5.91 Å². The molecule has 26 heavy (non-hydrogen) atoms. The number of rotatable bonds is 7. The lowest BCUT2D eigenvalue weighted by Crippen LogP contribution is -2.27. The average molecular weight is 391 g/mol. The Balaban J connectivity index is 1.50. The van der Waals surface area contributed by atoms with Crippen LogP contribution in [-0.4, -0.2) is 39.4 Å². The maximum atomic E-state index is 12.3. The molecule has 1 N–H and O–H groups in total. The molecule has 0 atom stereocenters. The molecule has 7 heteroatoms. The first kappa shape index (κ1) is 18.8. The Labute approximate surface area is 158 Å². The molecule has 0 spiro atoms. The maximum absolute atomic E-state index is 12.3. The van der Waals surface area contributed by atoms with Gasteiger partial charge in [-0.25, -0.2) is 8.42 Å². The summed E-state index contributed by atoms with van der Waals surface area (Å²) in [6, 6.07) is 15.4. The molecule has 0 aromatic heterocycles. The summed E-state index contributed by atoms with van der Waals surface area (Å²) in [5, 5.41) is 2.93. The normalized spacial score (nSPS) is 13.5. The molecule has 3 rings (SSSR count). The number of amides is 1. The molecule has 0 bridgehead atoms. The van der Waals surface area contributed by atoms with E-state index in [4.69, 9.17) is 0 Å². The van der Waals surface area contributed by atoms with E-state index in [-0.39, 0.29) is 5.91 Å². The van der Waals surface area contributed by atoms with E-state index in [1.54, 1.807) is 30.0 Å². The van der Waals surface area contributed by atoms with Crippen LogP contribution in [0.25, 0.3) is 0 Å². The molecule has 2 aromatic carbocycles. The fourth-order valence-electron chi connectivity index (χ4n) is 2.96. The van der Waals surface area contributed by atoms with Crippen molar-refractivity contribution in [1.82, 2.24) is 5.32 Å². The lowest BCUT2D eigenvalue weighted by molar-refractivity contribution is 0.0956. The van der Waals surface area contributed by atoms with E-state index in [2.05, 4.69) is 17.4 Å². The fraction of sp³-hybridized carbons (Fsp3) is 0.316. The van der Waals surface area contributed by atoms with Gasteiger partial charge in [0, 0.05) is 30.2 Å². The number of anilines is 1. The molecule has 1 amide bonds. The molecule has 5 nitrogen and oxygen atoms in total. The van der Waals surface area contributed by atoms with Crippen molar-refractivity contribution in [3.05, 3.63) is 65.2 Å². The number of sulfonamides is 1. The van der Waals surface area contributed by atoms with Gasteiger partial charge in [0.2, 0.25) is 10.0 Å². The summed E-state index contributed by atoms with van der Waals surface area (Å²) in [4.78, 5) is 12.3. The van der Waals surface area contributed by atoms with Gasteiger partial charge in [-0.1, -0.05) is 30.3 Å². The van der Waals surface area contributed by atoms with Crippen molar-refractivity contribution in [2.75, 3.05) is 29.4 Å². The van der Waals surface area contributed by atoms with E-state index in [0.29, 0.717) is 30.8 Å². The van der Waals surface area contributed by atoms with Crippen LogP contribution in [0.5, 0.6) is 0 Å². The third-order valence-corrected chi connectivity index (χ3v) is 6.45. The largest absolute Gasteiger partial charge is 0.351 e. The van der Waals surface area contributed by atoms with Crippen molar-refractivity contribution >= 4 is 33.4 Å². The minimum atomic E-state index is -3.26. The van der Waals surface area contributed by atoms with Crippen LogP contribution in [0.4, 0.5) is 5.69 Å². The third kappa shape index (κ3) is 4.59. The van der Waals surface area contributed by atoms with Gasteiger partial charge in [-0.15, -0.1) is 0 Å². The van der Waals surface area contributed by atoms with Crippen molar-refractivity contribution in [3.8, 4) is 0 Å². The molecular weight excluding hydrogens is 368 g/mol. The quantitative estimate of drug-likeness (QED) is 0.738. The van der Waals surface area contributed by atoms with Crippen molar-refractivity contribution in [3.63, 3.8) is 0 Å². The first-order valence-electron chi connectivity index (χ1n) is 8.45. The minimum Gasteiger partial charge on any atom is -0.351 e. The molecule has 2 aromatic rings. The molecule has 0 saturated heterocycles. The second-order valence-corrected chi connectivity index (χ2v) is 9.23. The van der Waals surface area contributed by atoms with Crippen LogP contribution < -0.4 is 9.62 Å². The zero-order chi connectivity index (χ0) is 18.6. The molecule has 0 saturated carbocycles. The van der Waals surface area contributed by atoms with Gasteiger partial charge < -0.3 is 5.32 Å². The third-order valence-electron chi connectivity index (χ3n) is 4.24.